The van der Waals surface area contributed by atoms with Crippen LogP contribution in [0.25, 0.3) is 43.5 Å². The Hall–Kier alpha value is -3.48. The smallest absolute Gasteiger partial charge is 0.325 e. The van der Waals surface area contributed by atoms with Crippen molar-refractivity contribution in [2.45, 2.75) is 6.61 Å². The lowest BCUT2D eigenvalue weighted by molar-refractivity contribution is -0.102. The second-order valence-electron chi connectivity index (χ2n) is 9.09. The van der Waals surface area contributed by atoms with Crippen LogP contribution >= 0.6 is 45.2 Å². The van der Waals surface area contributed by atoms with E-state index in [1.165, 1.54) is 0 Å². The highest BCUT2D eigenvalue weighted by Gasteiger charge is 2.42. The Kier molecular flexibility index (Phi) is 6.05. The summed E-state index contributed by atoms with van der Waals surface area (Å²) in [5, 5.41) is 6.27. The zero-order valence-corrected chi connectivity index (χ0v) is 24.4. The molecule has 0 spiro atoms. The molecule has 0 aliphatic carbocycles. The van der Waals surface area contributed by atoms with Crippen molar-refractivity contribution in [1.29, 1.82) is 0 Å². The first-order valence-corrected chi connectivity index (χ1v) is 14.3. The first-order chi connectivity index (χ1) is 19.0. The third-order valence-corrected chi connectivity index (χ3v) is 8.34. The van der Waals surface area contributed by atoms with E-state index in [0.717, 1.165) is 50.1 Å². The van der Waals surface area contributed by atoms with Gasteiger partial charge < -0.3 is 8.83 Å². The van der Waals surface area contributed by atoms with Crippen molar-refractivity contribution in [3.63, 3.8) is 0 Å². The number of hydrogen-bond acceptors (Lipinski definition) is 5. The Labute approximate surface area is 249 Å². The van der Waals surface area contributed by atoms with Crippen molar-refractivity contribution in [2.75, 3.05) is 0 Å². The molecule has 7 rings (SSSR count). The van der Waals surface area contributed by atoms with Gasteiger partial charge >= 0.3 is 11.8 Å². The van der Waals surface area contributed by atoms with Crippen LogP contribution in [0.15, 0.2) is 99.8 Å². The van der Waals surface area contributed by atoms with E-state index >= 15 is 0 Å². The maximum absolute atomic E-state index is 13.5. The third-order valence-electron chi connectivity index (χ3n) is 6.74. The summed E-state index contributed by atoms with van der Waals surface area (Å²) >= 11 is 4.43. The van der Waals surface area contributed by atoms with Gasteiger partial charge in [0.1, 0.15) is 17.8 Å². The van der Waals surface area contributed by atoms with Crippen molar-refractivity contribution in [1.82, 2.24) is 5.06 Å². The fourth-order valence-electron chi connectivity index (χ4n) is 4.97. The molecule has 0 saturated carbocycles. The molecule has 0 bridgehead atoms. The lowest BCUT2D eigenvalue weighted by atomic mass is 9.98. The standard InChI is InChI=1S/C31H17I2NO5/c32-22-14-18-10-4-6-12-20(18)24-25-21-13-7-5-11-19(21)15-23(33)27(25)39-29-28(38-26(22)24)30(35)34(31(29)36)37-16-17-8-2-1-3-9-17/h1-15H,16H2. The molecule has 0 saturated heterocycles. The fourth-order valence-corrected chi connectivity index (χ4v) is 6.40. The van der Waals surface area contributed by atoms with Gasteiger partial charge in [0.05, 0.1) is 7.14 Å². The van der Waals surface area contributed by atoms with Crippen LogP contribution in [0.1, 0.15) is 26.7 Å². The molecule has 6 nitrogen and oxygen atoms in total. The minimum absolute atomic E-state index is 0.0381. The summed E-state index contributed by atoms with van der Waals surface area (Å²) in [7, 11) is 0. The van der Waals surface area contributed by atoms with Crippen LogP contribution in [0.3, 0.4) is 0 Å². The van der Waals surface area contributed by atoms with Crippen LogP contribution in [0.4, 0.5) is 0 Å². The van der Waals surface area contributed by atoms with Gasteiger partial charge in [-0.25, -0.2) is 0 Å². The number of carbonyl (C=O) groups excluding carboxylic acids is 2. The van der Waals surface area contributed by atoms with Gasteiger partial charge in [0.2, 0.25) is 11.5 Å². The van der Waals surface area contributed by atoms with E-state index in [9.17, 15) is 9.59 Å². The van der Waals surface area contributed by atoms with Crippen LogP contribution < -0.4 is 0 Å². The number of fused-ring (bicyclic) bond motifs is 8. The largest absolute Gasteiger partial charge is 0.446 e. The van der Waals surface area contributed by atoms with E-state index in [1.54, 1.807) is 0 Å². The van der Waals surface area contributed by atoms with E-state index in [1.807, 2.05) is 91.0 Å². The zero-order valence-electron chi connectivity index (χ0n) is 20.1. The molecule has 1 aliphatic rings. The van der Waals surface area contributed by atoms with Crippen LogP contribution in [-0.4, -0.2) is 16.9 Å². The number of nitrogens with zero attached hydrogens (tertiary/aromatic N) is 1. The first kappa shape index (κ1) is 24.6. The van der Waals surface area contributed by atoms with Gasteiger partial charge in [0, 0.05) is 10.8 Å². The summed E-state index contributed by atoms with van der Waals surface area (Å²) in [4.78, 5) is 32.8. The minimum atomic E-state index is -0.708. The number of hydrogen-bond donors (Lipinski definition) is 0. The lowest BCUT2D eigenvalue weighted by Crippen LogP contribution is -2.29. The summed E-state index contributed by atoms with van der Waals surface area (Å²) in [5.74, 6) is -1.81. The molecule has 2 amide bonds. The highest BCUT2D eigenvalue weighted by molar-refractivity contribution is 14.1. The van der Waals surface area contributed by atoms with Gasteiger partial charge in [-0.3, -0.25) is 14.4 Å². The van der Waals surface area contributed by atoms with Gasteiger partial charge in [-0.1, -0.05) is 78.9 Å². The predicted octanol–water partition coefficient (Wildman–Crippen LogP) is 8.55. The zero-order chi connectivity index (χ0) is 26.7. The van der Waals surface area contributed by atoms with Crippen LogP contribution in [0, 0.1) is 7.14 Å². The van der Waals surface area contributed by atoms with Crippen molar-refractivity contribution >= 4 is 100 Å². The molecule has 190 valence electrons. The summed E-state index contributed by atoms with van der Waals surface area (Å²) in [6, 6.07) is 29.4. The molecule has 8 heteroatoms. The highest BCUT2D eigenvalue weighted by atomic mass is 127. The van der Waals surface area contributed by atoms with Gasteiger partial charge in [0.15, 0.2) is 0 Å². The molecule has 0 unspecified atom stereocenters. The van der Waals surface area contributed by atoms with Crippen LogP contribution in [0.2, 0.25) is 0 Å². The number of imide groups is 1. The average molecular weight is 737 g/mol. The second kappa shape index (κ2) is 9.61. The molecule has 1 aliphatic heterocycles. The number of carbonyl (C=O) groups is 2. The molecule has 39 heavy (non-hydrogen) atoms. The number of amides is 2. The Morgan fingerprint density at radius 3 is 1.62 bits per heavy atom. The Morgan fingerprint density at radius 1 is 0.641 bits per heavy atom. The Morgan fingerprint density at radius 2 is 1.10 bits per heavy atom. The summed E-state index contributed by atoms with van der Waals surface area (Å²) in [6.07, 6.45) is 0. The summed E-state index contributed by atoms with van der Waals surface area (Å²) in [6.45, 7) is 0.0381. The predicted molar refractivity (Wildman–Crippen MR) is 166 cm³/mol. The molecule has 0 N–H and O–H groups in total. The van der Waals surface area contributed by atoms with Crippen LogP contribution in [-0.2, 0) is 11.4 Å². The van der Waals surface area contributed by atoms with E-state index < -0.39 is 11.8 Å². The quantitative estimate of drug-likeness (QED) is 0.135. The number of rotatable bonds is 3. The van der Waals surface area contributed by atoms with E-state index in [2.05, 4.69) is 45.2 Å². The topological polar surface area (TPSA) is 72.9 Å². The Bertz CT molecular complexity index is 1920. The molecule has 2 heterocycles. The molecular weight excluding hydrogens is 720 g/mol. The van der Waals surface area contributed by atoms with Crippen LogP contribution in [0.5, 0.6) is 0 Å². The fraction of sp³-hybridized carbons (Fsp3) is 0.0323. The van der Waals surface area contributed by atoms with Gasteiger partial charge in [-0.15, -0.1) is 5.06 Å². The van der Waals surface area contributed by atoms with Gasteiger partial charge in [-0.2, -0.15) is 0 Å². The van der Waals surface area contributed by atoms with Crippen molar-refractivity contribution < 1.29 is 23.3 Å². The monoisotopic (exact) mass is 737 g/mol. The molecule has 0 radical (unpaired) electrons. The van der Waals surface area contributed by atoms with Crippen molar-refractivity contribution in [3.05, 3.63) is 115 Å². The highest BCUT2D eigenvalue weighted by Crippen LogP contribution is 2.40. The molecule has 0 fully saturated rings. The van der Waals surface area contributed by atoms with E-state index in [0.29, 0.717) is 11.2 Å². The van der Waals surface area contributed by atoms with E-state index in [-0.39, 0.29) is 18.1 Å². The first-order valence-electron chi connectivity index (χ1n) is 12.1. The molecule has 0 atom stereocenters. The second-order valence-corrected chi connectivity index (χ2v) is 11.4. The van der Waals surface area contributed by atoms with Gasteiger partial charge in [-0.05, 0) is 84.4 Å². The molecule has 1 aromatic heterocycles. The Balaban J connectivity index is 1.59. The number of benzene rings is 5. The summed E-state index contributed by atoms with van der Waals surface area (Å²) in [5.41, 5.74) is 1.80. The molecule has 5 aromatic carbocycles. The number of halogens is 2. The lowest BCUT2D eigenvalue weighted by Gasteiger charge is -2.12. The summed E-state index contributed by atoms with van der Waals surface area (Å²) < 4.78 is 14.3. The normalized spacial score (nSPS) is 13.1. The van der Waals surface area contributed by atoms with E-state index in [4.69, 9.17) is 13.7 Å². The third kappa shape index (κ3) is 4.00. The number of hydroxylamine groups is 2. The maximum Gasteiger partial charge on any atom is 0.325 e. The maximum atomic E-state index is 13.5. The average Bonchev–Trinajstić information content (AvgIpc) is 3.15. The van der Waals surface area contributed by atoms with Gasteiger partial charge in [0.25, 0.3) is 0 Å². The van der Waals surface area contributed by atoms with Crippen molar-refractivity contribution in [2.24, 2.45) is 0 Å². The molecular formula is C31H17I2NO5. The molecule has 6 aromatic rings. The van der Waals surface area contributed by atoms with Crippen molar-refractivity contribution in [3.8, 4) is 0 Å². The SMILES string of the molecule is O=C1c2oc3c(I)cc4ccccc4c3c3c(oc2C(=O)N1OCc1ccccc1)c(I)cc1ccccc13. The minimum Gasteiger partial charge on any atom is -0.446 e.